The Morgan fingerprint density at radius 3 is 2.44 bits per heavy atom. The topological polar surface area (TPSA) is 87.2 Å². The van der Waals surface area contributed by atoms with Crippen molar-refractivity contribution in [2.45, 2.75) is 12.5 Å². The highest BCUT2D eigenvalue weighted by atomic mass is 16.4. The summed E-state index contributed by atoms with van der Waals surface area (Å²) < 4.78 is 0. The van der Waals surface area contributed by atoms with E-state index in [2.05, 4.69) is 0 Å². The largest absolute Gasteiger partial charge is 0.480 e. The van der Waals surface area contributed by atoms with Crippen LogP contribution in [0.15, 0.2) is 30.3 Å². The van der Waals surface area contributed by atoms with E-state index in [-0.39, 0.29) is 0 Å². The summed E-state index contributed by atoms with van der Waals surface area (Å²) in [5, 5.41) is 15.6. The van der Waals surface area contributed by atoms with Crippen LogP contribution in [0.5, 0.6) is 0 Å². The summed E-state index contributed by atoms with van der Waals surface area (Å²) in [6.07, 6.45) is 5.13. The molecule has 0 aliphatic carbocycles. The van der Waals surface area contributed by atoms with E-state index < -0.39 is 12.0 Å². The molecule has 4 heteroatoms. The van der Waals surface area contributed by atoms with Crippen LogP contribution in [0.1, 0.15) is 17.5 Å². The fraction of sp³-hybridized carbons (Fsp3) is 0.167. The Kier molecular flexibility index (Phi) is 4.42. The summed E-state index contributed by atoms with van der Waals surface area (Å²) in [5.41, 5.74) is 7.14. The van der Waals surface area contributed by atoms with Gasteiger partial charge in [-0.3, -0.25) is 4.79 Å². The van der Waals surface area contributed by atoms with E-state index in [1.165, 1.54) is 6.21 Å². The van der Waals surface area contributed by atoms with Crippen LogP contribution in [0.25, 0.3) is 6.08 Å². The van der Waals surface area contributed by atoms with Gasteiger partial charge in [0.2, 0.25) is 0 Å². The number of hydrogen-bond acceptors (Lipinski definition) is 3. The first-order chi connectivity index (χ1) is 7.63. The maximum Gasteiger partial charge on any atom is 0.320 e. The molecule has 1 atom stereocenters. The lowest BCUT2D eigenvalue weighted by atomic mass is 10.1. The molecule has 0 radical (unpaired) electrons. The molecule has 0 saturated heterocycles. The van der Waals surface area contributed by atoms with Crippen LogP contribution in [0.4, 0.5) is 0 Å². The molecule has 1 rings (SSSR count). The van der Waals surface area contributed by atoms with Gasteiger partial charge in [-0.1, -0.05) is 36.4 Å². The summed E-state index contributed by atoms with van der Waals surface area (Å²) >= 11 is 0. The monoisotopic (exact) mass is 218 g/mol. The number of aliphatic carboxylic acids is 1. The van der Waals surface area contributed by atoms with Gasteiger partial charge in [0.1, 0.15) is 6.04 Å². The molecule has 0 heterocycles. The van der Waals surface area contributed by atoms with Crippen molar-refractivity contribution in [2.24, 2.45) is 5.73 Å². The van der Waals surface area contributed by atoms with Gasteiger partial charge >= 0.3 is 5.97 Å². The minimum atomic E-state index is -0.996. The lowest BCUT2D eigenvalue weighted by molar-refractivity contribution is -0.138. The molecular weight excluding hydrogens is 204 g/mol. The van der Waals surface area contributed by atoms with Gasteiger partial charge in [0.25, 0.3) is 0 Å². The van der Waals surface area contributed by atoms with Gasteiger partial charge in [0, 0.05) is 6.21 Å². The molecule has 1 aromatic rings. The summed E-state index contributed by atoms with van der Waals surface area (Å²) in [6.45, 7) is 0. The van der Waals surface area contributed by atoms with Gasteiger partial charge in [0.15, 0.2) is 0 Å². The van der Waals surface area contributed by atoms with Gasteiger partial charge in [0.05, 0.1) is 0 Å². The van der Waals surface area contributed by atoms with Crippen LogP contribution in [0.3, 0.4) is 0 Å². The predicted octanol–water partition coefficient (Wildman–Crippen LogP) is 1.50. The number of nitrogens with two attached hydrogens (primary N) is 1. The third-order valence-electron chi connectivity index (χ3n) is 2.12. The third kappa shape index (κ3) is 3.67. The predicted molar refractivity (Wildman–Crippen MR) is 63.6 cm³/mol. The smallest absolute Gasteiger partial charge is 0.320 e. The minimum Gasteiger partial charge on any atom is -0.480 e. The number of hydrogen-bond donors (Lipinski definition) is 3. The molecule has 4 nitrogen and oxygen atoms in total. The normalized spacial score (nSPS) is 12.6. The van der Waals surface area contributed by atoms with Crippen molar-refractivity contribution in [3.8, 4) is 0 Å². The number of carbonyl (C=O) groups is 1. The molecule has 16 heavy (non-hydrogen) atoms. The highest BCUT2D eigenvalue weighted by molar-refractivity contribution is 5.77. The summed E-state index contributed by atoms with van der Waals surface area (Å²) in [6, 6.07) is 6.53. The van der Waals surface area contributed by atoms with Crippen molar-refractivity contribution in [3.63, 3.8) is 0 Å². The number of rotatable bonds is 5. The second-order valence-corrected chi connectivity index (χ2v) is 3.39. The Hall–Kier alpha value is -1.94. The highest BCUT2D eigenvalue weighted by Crippen LogP contribution is 2.05. The lowest BCUT2D eigenvalue weighted by Crippen LogP contribution is -2.29. The Morgan fingerprint density at radius 1 is 1.38 bits per heavy atom. The Labute approximate surface area is 93.9 Å². The van der Waals surface area contributed by atoms with Crippen molar-refractivity contribution < 1.29 is 9.90 Å². The number of carboxylic acids is 1. The molecule has 1 aromatic carbocycles. The van der Waals surface area contributed by atoms with Crippen LogP contribution >= 0.6 is 0 Å². The second kappa shape index (κ2) is 5.82. The van der Waals surface area contributed by atoms with Crippen molar-refractivity contribution in [1.29, 1.82) is 5.41 Å². The van der Waals surface area contributed by atoms with Gasteiger partial charge in [-0.15, -0.1) is 0 Å². The second-order valence-electron chi connectivity index (χ2n) is 3.39. The first-order valence-electron chi connectivity index (χ1n) is 4.89. The quantitative estimate of drug-likeness (QED) is 0.654. The van der Waals surface area contributed by atoms with E-state index in [1.54, 1.807) is 6.08 Å². The van der Waals surface area contributed by atoms with Crippen LogP contribution in [0.2, 0.25) is 0 Å². The third-order valence-corrected chi connectivity index (χ3v) is 2.12. The first kappa shape index (κ1) is 12.1. The molecule has 0 fully saturated rings. The van der Waals surface area contributed by atoms with Crippen molar-refractivity contribution in [2.75, 3.05) is 0 Å². The van der Waals surface area contributed by atoms with Gasteiger partial charge < -0.3 is 16.2 Å². The van der Waals surface area contributed by atoms with Gasteiger partial charge in [-0.2, -0.15) is 0 Å². The molecule has 0 spiro atoms. The molecular formula is C12H14N2O2. The molecule has 1 unspecified atom stereocenters. The van der Waals surface area contributed by atoms with E-state index in [4.69, 9.17) is 16.2 Å². The van der Waals surface area contributed by atoms with E-state index in [0.717, 1.165) is 11.1 Å². The molecule has 0 amide bonds. The highest BCUT2D eigenvalue weighted by Gasteiger charge is 2.07. The Bertz CT molecular complexity index is 396. The molecule has 0 aliphatic rings. The van der Waals surface area contributed by atoms with E-state index in [0.29, 0.717) is 6.42 Å². The average molecular weight is 218 g/mol. The van der Waals surface area contributed by atoms with Crippen LogP contribution in [-0.4, -0.2) is 23.3 Å². The van der Waals surface area contributed by atoms with Crippen molar-refractivity contribution in [1.82, 2.24) is 0 Å². The van der Waals surface area contributed by atoms with Crippen LogP contribution in [0, 0.1) is 5.41 Å². The van der Waals surface area contributed by atoms with E-state index >= 15 is 0 Å². The van der Waals surface area contributed by atoms with Crippen LogP contribution in [-0.2, 0) is 4.79 Å². The molecule has 0 bridgehead atoms. The molecule has 0 aliphatic heterocycles. The average Bonchev–Trinajstić information content (AvgIpc) is 2.29. The fourth-order valence-electron chi connectivity index (χ4n) is 1.15. The molecule has 4 N–H and O–H groups in total. The summed E-state index contributed by atoms with van der Waals surface area (Å²) in [4.78, 5) is 10.4. The van der Waals surface area contributed by atoms with Crippen molar-refractivity contribution in [3.05, 3.63) is 41.5 Å². The van der Waals surface area contributed by atoms with Gasteiger partial charge in [-0.05, 0) is 17.5 Å². The molecule has 84 valence electrons. The maximum absolute atomic E-state index is 10.4. The summed E-state index contributed by atoms with van der Waals surface area (Å²) in [7, 11) is 0. The Balaban J connectivity index is 2.56. The SMILES string of the molecule is N=Cc1ccc(/C=C/CC(N)C(=O)O)cc1. The molecule has 0 saturated carbocycles. The molecule has 0 aromatic heterocycles. The zero-order valence-electron chi connectivity index (χ0n) is 8.76. The zero-order valence-corrected chi connectivity index (χ0v) is 8.76. The lowest BCUT2D eigenvalue weighted by Gasteiger charge is -2.00. The zero-order chi connectivity index (χ0) is 12.0. The minimum absolute atomic E-state index is 0.307. The van der Waals surface area contributed by atoms with Gasteiger partial charge in [-0.25, -0.2) is 0 Å². The van der Waals surface area contributed by atoms with Crippen LogP contribution < -0.4 is 5.73 Å². The van der Waals surface area contributed by atoms with E-state index in [1.807, 2.05) is 30.3 Å². The maximum atomic E-state index is 10.4. The summed E-state index contributed by atoms with van der Waals surface area (Å²) in [5.74, 6) is -0.996. The number of carboxylic acid groups (broad SMARTS) is 1. The van der Waals surface area contributed by atoms with E-state index in [9.17, 15) is 4.79 Å². The first-order valence-corrected chi connectivity index (χ1v) is 4.89. The standard InChI is InChI=1S/C12H14N2O2/c13-8-10-6-4-9(5-7-10)2-1-3-11(14)12(15)16/h1-2,4-8,11,13H,3,14H2,(H,15,16)/b2-1+,13-8?. The Morgan fingerprint density at radius 2 is 1.94 bits per heavy atom. The van der Waals surface area contributed by atoms with Crippen molar-refractivity contribution >= 4 is 18.3 Å². The number of nitrogens with one attached hydrogen (secondary N) is 1. The fourth-order valence-corrected chi connectivity index (χ4v) is 1.15. The number of benzene rings is 1.